The van der Waals surface area contributed by atoms with Crippen LogP contribution in [0.2, 0.25) is 0 Å². The fourth-order valence-corrected chi connectivity index (χ4v) is 2.24. The first kappa shape index (κ1) is 13.0. The molecule has 2 atom stereocenters. The van der Waals surface area contributed by atoms with Crippen LogP contribution >= 0.6 is 0 Å². The summed E-state index contributed by atoms with van der Waals surface area (Å²) in [4.78, 5) is 0. The zero-order valence-electron chi connectivity index (χ0n) is 10.8. The van der Waals surface area contributed by atoms with E-state index < -0.39 is 0 Å². The van der Waals surface area contributed by atoms with E-state index in [1.54, 1.807) is 0 Å². The van der Waals surface area contributed by atoms with E-state index >= 15 is 0 Å². The average Bonchev–Trinajstić information content (AvgIpc) is 2.17. The first-order valence-corrected chi connectivity index (χ1v) is 6.48. The first-order valence-electron chi connectivity index (χ1n) is 6.48. The van der Waals surface area contributed by atoms with Crippen LogP contribution in [-0.2, 0) is 4.74 Å². The summed E-state index contributed by atoms with van der Waals surface area (Å²) in [5, 5.41) is 3.60. The summed E-state index contributed by atoms with van der Waals surface area (Å²) in [6.45, 7) is 9.97. The van der Waals surface area contributed by atoms with Gasteiger partial charge >= 0.3 is 0 Å². The van der Waals surface area contributed by atoms with Gasteiger partial charge in [0.1, 0.15) is 0 Å². The summed E-state index contributed by atoms with van der Waals surface area (Å²) < 4.78 is 5.97. The molecule has 0 saturated carbocycles. The molecule has 15 heavy (non-hydrogen) atoms. The first-order chi connectivity index (χ1) is 7.09. The number of nitrogens with one attached hydrogen (secondary N) is 1. The lowest BCUT2D eigenvalue weighted by molar-refractivity contribution is -0.0288. The van der Waals surface area contributed by atoms with E-state index in [0.29, 0.717) is 24.2 Å². The molecule has 90 valence electrons. The number of hydrogen-bond donors (Lipinski definition) is 1. The highest BCUT2D eigenvalue weighted by Crippen LogP contribution is 2.19. The van der Waals surface area contributed by atoms with E-state index in [2.05, 4.69) is 33.0 Å². The van der Waals surface area contributed by atoms with Crippen molar-refractivity contribution in [3.05, 3.63) is 0 Å². The van der Waals surface area contributed by atoms with Gasteiger partial charge in [0, 0.05) is 6.04 Å². The van der Waals surface area contributed by atoms with Crippen LogP contribution in [0.5, 0.6) is 0 Å². The van der Waals surface area contributed by atoms with E-state index in [9.17, 15) is 0 Å². The van der Waals surface area contributed by atoms with Crippen molar-refractivity contribution in [3.8, 4) is 0 Å². The third kappa shape index (κ3) is 4.98. The molecule has 1 aliphatic rings. The molecule has 2 nitrogen and oxygen atoms in total. The Morgan fingerprint density at radius 1 is 1.20 bits per heavy atom. The molecular formula is C13H27NO. The van der Waals surface area contributed by atoms with Crippen molar-refractivity contribution in [1.29, 1.82) is 0 Å². The Kier molecular flexibility index (Phi) is 5.62. The normalized spacial score (nSPS) is 24.8. The molecule has 1 heterocycles. The van der Waals surface area contributed by atoms with Crippen molar-refractivity contribution >= 4 is 0 Å². The summed E-state index contributed by atoms with van der Waals surface area (Å²) in [5.41, 5.74) is 0. The fraction of sp³-hybridized carbons (Fsp3) is 1.00. The second kappa shape index (κ2) is 6.49. The Hall–Kier alpha value is -0.0800. The Morgan fingerprint density at radius 3 is 2.40 bits per heavy atom. The summed E-state index contributed by atoms with van der Waals surface area (Å²) in [7, 11) is 0. The third-order valence-corrected chi connectivity index (χ3v) is 3.12. The van der Waals surface area contributed by atoms with Crippen LogP contribution in [-0.4, -0.2) is 24.8 Å². The van der Waals surface area contributed by atoms with Gasteiger partial charge in [-0.05, 0) is 45.6 Å². The standard InChI is InChI=1S/C13H27NO/c1-10(2)13(15-11(3)4)9-12-7-5-6-8-14-12/h10-14H,5-9H2,1-4H3/t12-,13-/m0/s1. The van der Waals surface area contributed by atoms with E-state index in [-0.39, 0.29) is 0 Å². The lowest BCUT2D eigenvalue weighted by Gasteiger charge is -2.30. The summed E-state index contributed by atoms with van der Waals surface area (Å²) >= 11 is 0. The minimum Gasteiger partial charge on any atom is -0.375 e. The number of ether oxygens (including phenoxy) is 1. The van der Waals surface area contributed by atoms with Gasteiger partial charge < -0.3 is 10.1 Å². The molecule has 1 saturated heterocycles. The Bertz CT molecular complexity index is 162. The van der Waals surface area contributed by atoms with E-state index in [1.807, 2.05) is 0 Å². The molecule has 0 spiro atoms. The molecule has 0 unspecified atom stereocenters. The molecule has 1 aliphatic heterocycles. The molecule has 0 aromatic rings. The molecule has 0 bridgehead atoms. The third-order valence-electron chi connectivity index (χ3n) is 3.12. The van der Waals surface area contributed by atoms with E-state index in [4.69, 9.17) is 4.74 Å². The van der Waals surface area contributed by atoms with Gasteiger partial charge in [-0.15, -0.1) is 0 Å². The van der Waals surface area contributed by atoms with Gasteiger partial charge in [-0.3, -0.25) is 0 Å². The molecule has 0 aliphatic carbocycles. The van der Waals surface area contributed by atoms with Gasteiger partial charge in [-0.25, -0.2) is 0 Å². The SMILES string of the molecule is CC(C)O[C@@H](C[C@@H]1CCCCN1)C(C)C. The molecule has 0 amide bonds. The van der Waals surface area contributed by atoms with Crippen LogP contribution in [0.4, 0.5) is 0 Å². The van der Waals surface area contributed by atoms with Crippen molar-refractivity contribution in [2.45, 2.75) is 71.6 Å². The maximum atomic E-state index is 5.97. The molecule has 0 radical (unpaired) electrons. The smallest absolute Gasteiger partial charge is 0.0616 e. The lowest BCUT2D eigenvalue weighted by Crippen LogP contribution is -2.39. The van der Waals surface area contributed by atoms with Crippen molar-refractivity contribution < 1.29 is 4.74 Å². The highest BCUT2D eigenvalue weighted by atomic mass is 16.5. The molecule has 2 heteroatoms. The lowest BCUT2D eigenvalue weighted by atomic mass is 9.94. The molecule has 1 fully saturated rings. The molecular weight excluding hydrogens is 186 g/mol. The van der Waals surface area contributed by atoms with Gasteiger partial charge in [0.2, 0.25) is 0 Å². The van der Waals surface area contributed by atoms with E-state index in [0.717, 1.165) is 0 Å². The number of rotatable bonds is 5. The van der Waals surface area contributed by atoms with Crippen molar-refractivity contribution in [2.24, 2.45) is 5.92 Å². The largest absolute Gasteiger partial charge is 0.375 e. The zero-order valence-corrected chi connectivity index (χ0v) is 10.8. The maximum absolute atomic E-state index is 5.97. The predicted molar refractivity (Wildman–Crippen MR) is 65.1 cm³/mol. The van der Waals surface area contributed by atoms with Crippen LogP contribution in [0.1, 0.15) is 53.4 Å². The van der Waals surface area contributed by atoms with Gasteiger partial charge in [0.15, 0.2) is 0 Å². The van der Waals surface area contributed by atoms with Gasteiger partial charge in [-0.1, -0.05) is 20.3 Å². The highest BCUT2D eigenvalue weighted by molar-refractivity contribution is 4.77. The zero-order chi connectivity index (χ0) is 11.3. The molecule has 1 rings (SSSR count). The Labute approximate surface area is 94.8 Å². The van der Waals surface area contributed by atoms with Crippen LogP contribution in [0.3, 0.4) is 0 Å². The minimum absolute atomic E-state index is 0.348. The maximum Gasteiger partial charge on any atom is 0.0616 e. The van der Waals surface area contributed by atoms with Crippen LogP contribution in [0, 0.1) is 5.92 Å². The average molecular weight is 213 g/mol. The summed E-state index contributed by atoms with van der Waals surface area (Å²) in [6.07, 6.45) is 5.99. The van der Waals surface area contributed by atoms with Gasteiger partial charge in [0.05, 0.1) is 12.2 Å². The van der Waals surface area contributed by atoms with Crippen molar-refractivity contribution in [2.75, 3.05) is 6.54 Å². The van der Waals surface area contributed by atoms with Crippen LogP contribution in [0.25, 0.3) is 0 Å². The molecule has 0 aromatic heterocycles. The second-order valence-corrected chi connectivity index (χ2v) is 5.35. The van der Waals surface area contributed by atoms with Crippen LogP contribution < -0.4 is 5.32 Å². The van der Waals surface area contributed by atoms with Gasteiger partial charge in [-0.2, -0.15) is 0 Å². The fourth-order valence-electron chi connectivity index (χ4n) is 2.24. The predicted octanol–water partition coefficient (Wildman–Crippen LogP) is 2.97. The van der Waals surface area contributed by atoms with Gasteiger partial charge in [0.25, 0.3) is 0 Å². The Morgan fingerprint density at radius 2 is 1.93 bits per heavy atom. The number of piperidine rings is 1. The molecule has 0 aromatic carbocycles. The highest BCUT2D eigenvalue weighted by Gasteiger charge is 2.22. The topological polar surface area (TPSA) is 21.3 Å². The van der Waals surface area contributed by atoms with E-state index in [1.165, 1.54) is 32.2 Å². The monoisotopic (exact) mass is 213 g/mol. The quantitative estimate of drug-likeness (QED) is 0.758. The number of hydrogen-bond acceptors (Lipinski definition) is 2. The Balaban J connectivity index is 2.35. The van der Waals surface area contributed by atoms with Crippen molar-refractivity contribution in [1.82, 2.24) is 5.32 Å². The summed E-state index contributed by atoms with van der Waals surface area (Å²) in [5.74, 6) is 0.621. The van der Waals surface area contributed by atoms with Crippen molar-refractivity contribution in [3.63, 3.8) is 0 Å². The minimum atomic E-state index is 0.348. The van der Waals surface area contributed by atoms with Crippen LogP contribution in [0.15, 0.2) is 0 Å². The molecule has 1 N–H and O–H groups in total. The summed E-state index contributed by atoms with van der Waals surface area (Å²) in [6, 6.07) is 0.685. The second-order valence-electron chi connectivity index (χ2n) is 5.35.